The molecule has 0 radical (unpaired) electrons. The van der Waals surface area contributed by atoms with Crippen LogP contribution in [0.25, 0.3) is 0 Å². The van der Waals surface area contributed by atoms with Crippen molar-refractivity contribution in [1.82, 2.24) is 9.80 Å². The van der Waals surface area contributed by atoms with Crippen molar-refractivity contribution in [2.24, 2.45) is 0 Å². The Balaban J connectivity index is 1.52. The van der Waals surface area contributed by atoms with E-state index in [9.17, 15) is 14.0 Å². The maximum Gasteiger partial charge on any atom is 0.254 e. The fourth-order valence-corrected chi connectivity index (χ4v) is 5.01. The second-order valence-electron chi connectivity index (χ2n) is 8.01. The van der Waals surface area contributed by atoms with Crippen molar-refractivity contribution in [2.45, 2.75) is 12.5 Å². The maximum absolute atomic E-state index is 13.6. The second-order valence-corrected chi connectivity index (χ2v) is 9.01. The van der Waals surface area contributed by atoms with Crippen LogP contribution in [0, 0.1) is 5.82 Å². The zero-order valence-electron chi connectivity index (χ0n) is 19.0. The zero-order chi connectivity index (χ0) is 23.9. The summed E-state index contributed by atoms with van der Waals surface area (Å²) < 4.78 is 24.7. The minimum Gasteiger partial charge on any atom is -0.491 e. The molecule has 0 saturated heterocycles. The van der Waals surface area contributed by atoms with E-state index in [1.165, 1.54) is 21.9 Å². The van der Waals surface area contributed by atoms with E-state index in [2.05, 4.69) is 0 Å². The monoisotopic (exact) mass is 482 g/mol. The molecule has 0 spiro atoms. The van der Waals surface area contributed by atoms with Crippen molar-refractivity contribution < 1.29 is 23.5 Å². The zero-order valence-corrected chi connectivity index (χ0v) is 19.8. The molecule has 4 rings (SSSR count). The Morgan fingerprint density at radius 2 is 1.97 bits per heavy atom. The number of rotatable bonds is 9. The summed E-state index contributed by atoms with van der Waals surface area (Å²) in [4.78, 5) is 31.1. The molecule has 2 heterocycles. The molecular formula is C26H27FN2O4S. The Labute approximate surface area is 202 Å². The molecule has 1 aliphatic rings. The largest absolute Gasteiger partial charge is 0.491 e. The lowest BCUT2D eigenvalue weighted by Crippen LogP contribution is -2.48. The molecule has 2 amide bonds. The Bertz CT molecular complexity index is 1120. The van der Waals surface area contributed by atoms with E-state index in [-0.39, 0.29) is 36.8 Å². The van der Waals surface area contributed by atoms with Gasteiger partial charge in [0.2, 0.25) is 5.91 Å². The van der Waals surface area contributed by atoms with Crippen LogP contribution in [0.3, 0.4) is 0 Å². The summed E-state index contributed by atoms with van der Waals surface area (Å²) >= 11 is 1.66. The van der Waals surface area contributed by atoms with Gasteiger partial charge in [-0.25, -0.2) is 4.39 Å². The van der Waals surface area contributed by atoms with Gasteiger partial charge in [0.1, 0.15) is 24.7 Å². The second kappa shape index (κ2) is 11.3. The molecule has 0 aliphatic carbocycles. The lowest BCUT2D eigenvalue weighted by Gasteiger charge is -2.37. The van der Waals surface area contributed by atoms with Crippen LogP contribution in [0.15, 0.2) is 66.0 Å². The number of hydrogen-bond acceptors (Lipinski definition) is 5. The molecule has 1 aromatic heterocycles. The van der Waals surface area contributed by atoms with Gasteiger partial charge in [-0.2, -0.15) is 0 Å². The normalized spacial score (nSPS) is 15.0. The number of halogens is 1. The highest BCUT2D eigenvalue weighted by molar-refractivity contribution is 7.10. The van der Waals surface area contributed by atoms with E-state index < -0.39 is 0 Å². The number of carbonyl (C=O) groups excluding carboxylic acids is 2. The molecule has 0 fully saturated rings. The minimum atomic E-state index is -0.376. The molecule has 0 bridgehead atoms. The summed E-state index contributed by atoms with van der Waals surface area (Å²) in [5.74, 6) is -0.342. The van der Waals surface area contributed by atoms with Gasteiger partial charge < -0.3 is 19.3 Å². The quantitative estimate of drug-likeness (QED) is 0.459. The predicted molar refractivity (Wildman–Crippen MR) is 129 cm³/mol. The van der Waals surface area contributed by atoms with Crippen molar-refractivity contribution in [3.05, 3.63) is 87.9 Å². The SMILES string of the molecule is COCCN(CC(=O)N1CCc2sccc2C1COc1cccc(F)c1)C(=O)c1ccccc1. The number of amides is 2. The van der Waals surface area contributed by atoms with Gasteiger partial charge in [-0.05, 0) is 47.7 Å². The Hall–Kier alpha value is -3.23. The topological polar surface area (TPSA) is 59.1 Å². The molecule has 0 saturated carbocycles. The van der Waals surface area contributed by atoms with Crippen molar-refractivity contribution >= 4 is 23.2 Å². The van der Waals surface area contributed by atoms with E-state index in [4.69, 9.17) is 9.47 Å². The predicted octanol–water partition coefficient (Wildman–Crippen LogP) is 4.18. The summed E-state index contributed by atoms with van der Waals surface area (Å²) in [5, 5.41) is 2.01. The summed E-state index contributed by atoms with van der Waals surface area (Å²) in [6.45, 7) is 1.29. The lowest BCUT2D eigenvalue weighted by atomic mass is 10.0. The van der Waals surface area contributed by atoms with E-state index in [0.29, 0.717) is 31.0 Å². The fraction of sp³-hybridized carbons (Fsp3) is 0.308. The summed E-state index contributed by atoms with van der Waals surface area (Å²) in [6.07, 6.45) is 0.750. The van der Waals surface area contributed by atoms with Gasteiger partial charge in [-0.1, -0.05) is 24.3 Å². The standard InChI is InChI=1S/C26H27FN2O4S/c1-32-14-13-28(26(31)19-6-3-2-4-7-19)17-25(30)29-12-10-24-22(11-15-34-24)23(29)18-33-21-9-5-8-20(27)16-21/h2-9,11,15-16,23H,10,12-14,17-18H2,1H3. The Morgan fingerprint density at radius 1 is 1.15 bits per heavy atom. The van der Waals surface area contributed by atoms with E-state index in [0.717, 1.165) is 12.0 Å². The highest BCUT2D eigenvalue weighted by atomic mass is 32.1. The van der Waals surface area contributed by atoms with Gasteiger partial charge in [0.25, 0.3) is 5.91 Å². The van der Waals surface area contributed by atoms with Crippen LogP contribution in [-0.4, -0.2) is 61.6 Å². The van der Waals surface area contributed by atoms with Crippen LogP contribution < -0.4 is 4.74 Å². The smallest absolute Gasteiger partial charge is 0.254 e. The van der Waals surface area contributed by atoms with Crippen molar-refractivity contribution in [3.8, 4) is 5.75 Å². The fourth-order valence-electron chi connectivity index (χ4n) is 4.08. The summed E-state index contributed by atoms with van der Waals surface area (Å²) in [5.41, 5.74) is 1.56. The number of benzene rings is 2. The number of nitrogens with zero attached hydrogens (tertiary/aromatic N) is 2. The lowest BCUT2D eigenvalue weighted by molar-refractivity contribution is -0.135. The van der Waals surface area contributed by atoms with Gasteiger partial charge >= 0.3 is 0 Å². The van der Waals surface area contributed by atoms with E-state index in [1.54, 1.807) is 59.7 Å². The van der Waals surface area contributed by atoms with Crippen LogP contribution >= 0.6 is 11.3 Å². The first-order chi connectivity index (χ1) is 16.6. The van der Waals surface area contributed by atoms with Crippen LogP contribution in [0.5, 0.6) is 5.75 Å². The highest BCUT2D eigenvalue weighted by Gasteiger charge is 2.33. The third kappa shape index (κ3) is 5.63. The number of ether oxygens (including phenoxy) is 2. The average Bonchev–Trinajstić information content (AvgIpc) is 3.34. The Kier molecular flexibility index (Phi) is 7.92. The van der Waals surface area contributed by atoms with Gasteiger partial charge in [-0.15, -0.1) is 11.3 Å². The minimum absolute atomic E-state index is 0.0625. The maximum atomic E-state index is 13.6. The molecule has 1 aliphatic heterocycles. The molecule has 178 valence electrons. The number of carbonyl (C=O) groups is 2. The van der Waals surface area contributed by atoms with Crippen LogP contribution in [0.1, 0.15) is 26.8 Å². The molecule has 0 N–H and O–H groups in total. The highest BCUT2D eigenvalue weighted by Crippen LogP contribution is 2.34. The third-order valence-electron chi connectivity index (χ3n) is 5.82. The Morgan fingerprint density at radius 3 is 2.74 bits per heavy atom. The molecule has 6 nitrogen and oxygen atoms in total. The number of thiophene rings is 1. The number of methoxy groups -OCH3 is 1. The van der Waals surface area contributed by atoms with Gasteiger partial charge in [0.05, 0.1) is 12.6 Å². The van der Waals surface area contributed by atoms with Crippen LogP contribution in [0.4, 0.5) is 4.39 Å². The molecule has 2 aromatic carbocycles. The summed E-state index contributed by atoms with van der Waals surface area (Å²) in [6, 6.07) is 16.6. The summed E-state index contributed by atoms with van der Waals surface area (Å²) in [7, 11) is 1.56. The molecule has 1 atom stereocenters. The molecule has 1 unspecified atom stereocenters. The molecule has 8 heteroatoms. The van der Waals surface area contributed by atoms with Crippen molar-refractivity contribution in [3.63, 3.8) is 0 Å². The van der Waals surface area contributed by atoms with Gasteiger partial charge in [0, 0.05) is 36.7 Å². The first kappa shape index (κ1) is 23.9. The number of hydrogen-bond donors (Lipinski definition) is 0. The first-order valence-corrected chi connectivity index (χ1v) is 12.0. The van der Waals surface area contributed by atoms with Crippen molar-refractivity contribution in [2.75, 3.05) is 40.0 Å². The average molecular weight is 483 g/mol. The first-order valence-electron chi connectivity index (χ1n) is 11.1. The third-order valence-corrected chi connectivity index (χ3v) is 6.82. The van der Waals surface area contributed by atoms with Crippen LogP contribution in [-0.2, 0) is 16.0 Å². The molecule has 34 heavy (non-hydrogen) atoms. The van der Waals surface area contributed by atoms with Crippen molar-refractivity contribution in [1.29, 1.82) is 0 Å². The van der Waals surface area contributed by atoms with Gasteiger partial charge in [0.15, 0.2) is 0 Å². The van der Waals surface area contributed by atoms with E-state index in [1.807, 2.05) is 17.5 Å². The van der Waals surface area contributed by atoms with Crippen LogP contribution in [0.2, 0.25) is 0 Å². The number of fused-ring (bicyclic) bond motifs is 1. The molecule has 3 aromatic rings. The van der Waals surface area contributed by atoms with Gasteiger partial charge in [-0.3, -0.25) is 9.59 Å². The molecular weight excluding hydrogens is 455 g/mol. The van der Waals surface area contributed by atoms with E-state index >= 15 is 0 Å².